The lowest BCUT2D eigenvalue weighted by atomic mass is 10.2. The van der Waals surface area contributed by atoms with Crippen molar-refractivity contribution in [2.75, 3.05) is 18.1 Å². The molecule has 25 heavy (non-hydrogen) atoms. The smallest absolute Gasteiger partial charge is 0.257 e. The molecule has 0 radical (unpaired) electrons. The van der Waals surface area contributed by atoms with Crippen LogP contribution in [0.3, 0.4) is 0 Å². The zero-order valence-corrected chi connectivity index (χ0v) is 16.1. The van der Waals surface area contributed by atoms with Gasteiger partial charge in [-0.15, -0.1) is 12.4 Å². The number of carbonyl (C=O) groups excluding carboxylic acids is 1. The van der Waals surface area contributed by atoms with E-state index in [0.29, 0.717) is 23.2 Å². The number of thioether (sulfide) groups is 1. The number of rotatable bonds is 5. The number of nitrogens with zero attached hydrogens (tertiary/aromatic N) is 2. The molecule has 9 heteroatoms. The highest BCUT2D eigenvalue weighted by atomic mass is 35.5. The quantitative estimate of drug-likeness (QED) is 0.799. The number of hydrogen-bond acceptors (Lipinski definition) is 6. The Bertz CT molecular complexity index is 690. The summed E-state index contributed by atoms with van der Waals surface area (Å²) in [5, 5.41) is 10.9. The molecular formula is C16H20Cl2N4O2S. The van der Waals surface area contributed by atoms with E-state index < -0.39 is 0 Å². The van der Waals surface area contributed by atoms with Crippen molar-refractivity contribution in [3.63, 3.8) is 0 Å². The number of amides is 1. The van der Waals surface area contributed by atoms with Crippen LogP contribution < -0.4 is 10.6 Å². The van der Waals surface area contributed by atoms with E-state index in [9.17, 15) is 4.79 Å². The molecule has 0 spiro atoms. The lowest BCUT2D eigenvalue weighted by Crippen LogP contribution is -2.41. The van der Waals surface area contributed by atoms with E-state index in [4.69, 9.17) is 16.1 Å². The maximum absolute atomic E-state index is 12.1. The van der Waals surface area contributed by atoms with Crippen LogP contribution in [-0.2, 0) is 4.79 Å². The fraction of sp³-hybridized carbons (Fsp3) is 0.438. The molecule has 1 saturated heterocycles. The highest BCUT2D eigenvalue weighted by Crippen LogP contribution is 2.21. The van der Waals surface area contributed by atoms with Crippen LogP contribution in [0.25, 0.3) is 11.5 Å². The number of hydrogen-bond donors (Lipinski definition) is 2. The average molecular weight is 403 g/mol. The van der Waals surface area contributed by atoms with E-state index in [1.807, 2.05) is 30.8 Å². The number of halogens is 2. The van der Waals surface area contributed by atoms with Gasteiger partial charge in [0.05, 0.1) is 6.04 Å². The second-order valence-electron chi connectivity index (χ2n) is 5.68. The lowest BCUT2D eigenvalue weighted by molar-refractivity contribution is -0.122. The van der Waals surface area contributed by atoms with E-state index in [1.165, 1.54) is 0 Å². The first-order chi connectivity index (χ1) is 11.6. The fourth-order valence-corrected chi connectivity index (χ4v) is 3.54. The van der Waals surface area contributed by atoms with Crippen molar-refractivity contribution in [1.29, 1.82) is 0 Å². The summed E-state index contributed by atoms with van der Waals surface area (Å²) in [5.41, 5.74) is 0.792. The van der Waals surface area contributed by atoms with E-state index >= 15 is 0 Å². The minimum Gasteiger partial charge on any atom is -0.346 e. The Labute approximate surface area is 161 Å². The second kappa shape index (κ2) is 9.43. The highest BCUT2D eigenvalue weighted by Gasteiger charge is 2.20. The molecule has 1 aliphatic heterocycles. The predicted octanol–water partition coefficient (Wildman–Crippen LogP) is 3.08. The molecule has 136 valence electrons. The second-order valence-corrected chi connectivity index (χ2v) is 7.27. The number of benzene rings is 1. The Hall–Kier alpha value is -1.28. The van der Waals surface area contributed by atoms with E-state index in [0.717, 1.165) is 23.6 Å². The first-order valence-electron chi connectivity index (χ1n) is 7.82. The van der Waals surface area contributed by atoms with E-state index in [-0.39, 0.29) is 30.4 Å². The van der Waals surface area contributed by atoms with E-state index in [1.54, 1.807) is 12.1 Å². The topological polar surface area (TPSA) is 80.0 Å². The zero-order chi connectivity index (χ0) is 16.9. The molecule has 3 rings (SSSR count). The Morgan fingerprint density at radius 3 is 2.92 bits per heavy atom. The molecule has 2 heterocycles. The molecule has 1 amide bonds. The Kier molecular flexibility index (Phi) is 7.56. The number of carbonyl (C=O) groups is 1. The molecular weight excluding hydrogens is 383 g/mol. The molecule has 1 aromatic carbocycles. The third-order valence-corrected chi connectivity index (χ3v) is 5.11. The fourth-order valence-electron chi connectivity index (χ4n) is 2.46. The minimum atomic E-state index is -0.307. The molecule has 2 N–H and O–H groups in total. The summed E-state index contributed by atoms with van der Waals surface area (Å²) >= 11 is 7.74. The van der Waals surface area contributed by atoms with Crippen LogP contribution in [0.5, 0.6) is 0 Å². The Morgan fingerprint density at radius 1 is 1.48 bits per heavy atom. The summed E-state index contributed by atoms with van der Waals surface area (Å²) in [5.74, 6) is 2.92. The predicted molar refractivity (Wildman–Crippen MR) is 102 cm³/mol. The first kappa shape index (κ1) is 20.0. The van der Waals surface area contributed by atoms with Gasteiger partial charge in [0.1, 0.15) is 0 Å². The van der Waals surface area contributed by atoms with Gasteiger partial charge in [0.2, 0.25) is 5.91 Å². The van der Waals surface area contributed by atoms with Gasteiger partial charge in [0, 0.05) is 41.1 Å². The largest absolute Gasteiger partial charge is 0.346 e. The third-order valence-electron chi connectivity index (χ3n) is 3.73. The molecule has 2 unspecified atom stereocenters. The molecule has 0 saturated carbocycles. The maximum atomic E-state index is 12.1. The third kappa shape index (κ3) is 5.60. The highest BCUT2D eigenvalue weighted by molar-refractivity contribution is 7.99. The SMILES string of the molecule is CC(NC(=O)CC1CSCCN1)c1noc(-c2ccc(Cl)cc2)n1.Cl. The van der Waals surface area contributed by atoms with Crippen LogP contribution in [0.15, 0.2) is 28.8 Å². The van der Waals surface area contributed by atoms with Crippen molar-refractivity contribution in [2.45, 2.75) is 25.4 Å². The first-order valence-corrected chi connectivity index (χ1v) is 9.35. The van der Waals surface area contributed by atoms with Gasteiger partial charge < -0.3 is 15.2 Å². The van der Waals surface area contributed by atoms with Crippen LogP contribution in [-0.4, -0.2) is 40.1 Å². The van der Waals surface area contributed by atoms with Gasteiger partial charge in [-0.25, -0.2) is 0 Å². The van der Waals surface area contributed by atoms with Crippen LogP contribution in [0, 0.1) is 0 Å². The van der Waals surface area contributed by atoms with Crippen molar-refractivity contribution in [1.82, 2.24) is 20.8 Å². The number of nitrogens with one attached hydrogen (secondary N) is 2. The van der Waals surface area contributed by atoms with Gasteiger partial charge in [-0.2, -0.15) is 16.7 Å². The van der Waals surface area contributed by atoms with Gasteiger partial charge in [-0.3, -0.25) is 4.79 Å². The monoisotopic (exact) mass is 402 g/mol. The Morgan fingerprint density at radius 2 is 2.24 bits per heavy atom. The van der Waals surface area contributed by atoms with Crippen molar-refractivity contribution in [3.8, 4) is 11.5 Å². The molecule has 0 bridgehead atoms. The maximum Gasteiger partial charge on any atom is 0.257 e. The molecule has 2 aromatic rings. The summed E-state index contributed by atoms with van der Waals surface area (Å²) in [6, 6.07) is 7.08. The van der Waals surface area contributed by atoms with Crippen LogP contribution >= 0.6 is 35.8 Å². The van der Waals surface area contributed by atoms with Crippen LogP contribution in [0.2, 0.25) is 5.02 Å². The summed E-state index contributed by atoms with van der Waals surface area (Å²) in [7, 11) is 0. The van der Waals surface area contributed by atoms with Gasteiger partial charge in [0.15, 0.2) is 5.82 Å². The van der Waals surface area contributed by atoms with Gasteiger partial charge in [-0.05, 0) is 31.2 Å². The molecule has 0 aliphatic carbocycles. The average Bonchev–Trinajstić information content (AvgIpc) is 3.06. The molecule has 6 nitrogen and oxygen atoms in total. The molecule has 2 atom stereocenters. The number of aromatic nitrogens is 2. The lowest BCUT2D eigenvalue weighted by Gasteiger charge is -2.23. The van der Waals surface area contributed by atoms with E-state index in [2.05, 4.69) is 20.8 Å². The zero-order valence-electron chi connectivity index (χ0n) is 13.7. The molecule has 1 fully saturated rings. The van der Waals surface area contributed by atoms with Gasteiger partial charge in [-0.1, -0.05) is 16.8 Å². The van der Waals surface area contributed by atoms with Gasteiger partial charge >= 0.3 is 0 Å². The van der Waals surface area contributed by atoms with Crippen molar-refractivity contribution in [2.24, 2.45) is 0 Å². The minimum absolute atomic E-state index is 0. The summed E-state index contributed by atoms with van der Waals surface area (Å²) in [6.45, 7) is 2.80. The van der Waals surface area contributed by atoms with Crippen molar-refractivity contribution >= 4 is 41.7 Å². The van der Waals surface area contributed by atoms with Crippen molar-refractivity contribution < 1.29 is 9.32 Å². The summed E-state index contributed by atoms with van der Waals surface area (Å²) in [4.78, 5) is 16.5. The normalized spacial score (nSPS) is 18.2. The summed E-state index contributed by atoms with van der Waals surface area (Å²) in [6.07, 6.45) is 0.458. The molecule has 1 aromatic heterocycles. The van der Waals surface area contributed by atoms with Crippen molar-refractivity contribution in [3.05, 3.63) is 35.1 Å². The Balaban J connectivity index is 0.00000225. The van der Waals surface area contributed by atoms with Crippen LogP contribution in [0.4, 0.5) is 0 Å². The van der Waals surface area contributed by atoms with Crippen LogP contribution in [0.1, 0.15) is 25.2 Å². The van der Waals surface area contributed by atoms with Gasteiger partial charge in [0.25, 0.3) is 5.89 Å². The standard InChI is InChI=1S/C16H19ClN4O2S.ClH/c1-10(19-14(22)8-13-9-24-7-6-18-13)15-20-16(23-21-15)11-2-4-12(17)5-3-11;/h2-5,10,13,18H,6-9H2,1H3,(H,19,22);1H. The molecule has 1 aliphatic rings. The summed E-state index contributed by atoms with van der Waals surface area (Å²) < 4.78 is 5.27.